The third-order valence-electron chi connectivity index (χ3n) is 5.53. The maximum atomic E-state index is 12.9. The first-order valence-electron chi connectivity index (χ1n) is 11.6. The van der Waals surface area contributed by atoms with Gasteiger partial charge in [-0.3, -0.25) is 14.5 Å². The van der Waals surface area contributed by atoms with Crippen LogP contribution in [0, 0.1) is 0 Å². The molecule has 2 amide bonds. The van der Waals surface area contributed by atoms with E-state index in [0.29, 0.717) is 36.6 Å². The van der Waals surface area contributed by atoms with Gasteiger partial charge < -0.3 is 24.8 Å². The molecule has 3 aromatic rings. The van der Waals surface area contributed by atoms with E-state index in [1.165, 1.54) is 0 Å². The number of nitrogens with zero attached hydrogens (tertiary/aromatic N) is 1. The van der Waals surface area contributed by atoms with Gasteiger partial charge in [-0.1, -0.05) is 25.1 Å². The molecule has 0 radical (unpaired) electrons. The lowest BCUT2D eigenvalue weighted by atomic mass is 10.1. The largest absolute Gasteiger partial charge is 0.494 e. The zero-order valence-electron chi connectivity index (χ0n) is 19.9. The average molecular weight is 476 g/mol. The number of carbonyl (C=O) groups is 2. The summed E-state index contributed by atoms with van der Waals surface area (Å²) in [4.78, 5) is 27.8. The molecule has 182 valence electrons. The monoisotopic (exact) mass is 475 g/mol. The van der Waals surface area contributed by atoms with Crippen molar-refractivity contribution in [2.75, 3.05) is 37.1 Å². The first-order chi connectivity index (χ1) is 17.1. The average Bonchev–Trinajstić information content (AvgIpc) is 3.33. The number of amides is 2. The van der Waals surface area contributed by atoms with Gasteiger partial charge in [0.25, 0.3) is 5.91 Å². The molecular weight excluding hydrogens is 446 g/mol. The van der Waals surface area contributed by atoms with E-state index in [0.717, 1.165) is 22.8 Å². The van der Waals surface area contributed by atoms with Crippen molar-refractivity contribution in [1.29, 1.82) is 0 Å². The maximum absolute atomic E-state index is 12.9. The van der Waals surface area contributed by atoms with Crippen LogP contribution in [0.2, 0.25) is 0 Å². The van der Waals surface area contributed by atoms with E-state index in [-0.39, 0.29) is 25.2 Å². The van der Waals surface area contributed by atoms with Gasteiger partial charge in [-0.15, -0.1) is 0 Å². The molecule has 8 heteroatoms. The highest BCUT2D eigenvalue weighted by atomic mass is 16.7. The second-order valence-corrected chi connectivity index (χ2v) is 8.00. The van der Waals surface area contributed by atoms with Crippen LogP contribution in [0.25, 0.3) is 0 Å². The molecule has 0 aliphatic carbocycles. The van der Waals surface area contributed by atoms with E-state index < -0.39 is 0 Å². The van der Waals surface area contributed by atoms with Crippen LogP contribution >= 0.6 is 0 Å². The molecule has 2 N–H and O–H groups in total. The summed E-state index contributed by atoms with van der Waals surface area (Å²) in [7, 11) is 0. The minimum atomic E-state index is -0.308. The normalized spacial score (nSPS) is 11.9. The Morgan fingerprint density at radius 2 is 1.71 bits per heavy atom. The van der Waals surface area contributed by atoms with E-state index in [1.807, 2.05) is 36.9 Å². The molecule has 3 aromatic carbocycles. The van der Waals surface area contributed by atoms with E-state index in [2.05, 4.69) is 10.6 Å². The second-order valence-electron chi connectivity index (χ2n) is 8.00. The summed E-state index contributed by atoms with van der Waals surface area (Å²) in [5.74, 6) is 1.68. The lowest BCUT2D eigenvalue weighted by Crippen LogP contribution is -2.33. The number of carbonyl (C=O) groups excluding carboxylic acids is 2. The quantitative estimate of drug-likeness (QED) is 0.448. The van der Waals surface area contributed by atoms with Gasteiger partial charge in [0.2, 0.25) is 12.7 Å². The molecule has 1 aliphatic rings. The van der Waals surface area contributed by atoms with Crippen molar-refractivity contribution in [1.82, 2.24) is 4.90 Å². The Labute approximate surface area is 204 Å². The van der Waals surface area contributed by atoms with E-state index in [9.17, 15) is 9.59 Å². The Balaban J connectivity index is 1.37. The van der Waals surface area contributed by atoms with Gasteiger partial charge >= 0.3 is 0 Å². The third-order valence-corrected chi connectivity index (χ3v) is 5.53. The zero-order valence-corrected chi connectivity index (χ0v) is 19.9. The summed E-state index contributed by atoms with van der Waals surface area (Å²) in [6.45, 7) is 6.16. The molecule has 0 fully saturated rings. The fourth-order valence-electron chi connectivity index (χ4n) is 3.76. The first-order valence-corrected chi connectivity index (χ1v) is 11.6. The van der Waals surface area contributed by atoms with Crippen molar-refractivity contribution in [3.8, 4) is 17.2 Å². The highest BCUT2D eigenvalue weighted by molar-refractivity contribution is 6.10. The van der Waals surface area contributed by atoms with Gasteiger partial charge in [0.1, 0.15) is 5.75 Å². The van der Waals surface area contributed by atoms with Crippen LogP contribution in [0.4, 0.5) is 11.4 Å². The standard InChI is InChI=1S/C27H29N3O5/c1-3-30(16-19-9-14-24-25(15-19)35-18-34-24)17-26(31)29-23-8-6-5-7-22(23)27(32)28-20-10-12-21(13-11-20)33-4-2/h5-15H,3-4,16-18H2,1-2H3,(H,28,32)(H,29,31). The Hall–Kier alpha value is -4.04. The van der Waals surface area contributed by atoms with Crippen LogP contribution in [-0.2, 0) is 11.3 Å². The van der Waals surface area contributed by atoms with Crippen molar-refractivity contribution in [3.05, 3.63) is 77.9 Å². The van der Waals surface area contributed by atoms with Crippen molar-refractivity contribution in [2.24, 2.45) is 0 Å². The number of fused-ring (bicyclic) bond motifs is 1. The third kappa shape index (κ3) is 6.30. The summed E-state index contributed by atoms with van der Waals surface area (Å²) < 4.78 is 16.2. The lowest BCUT2D eigenvalue weighted by molar-refractivity contribution is -0.117. The molecule has 8 nitrogen and oxygen atoms in total. The summed E-state index contributed by atoms with van der Waals surface area (Å²) in [6.07, 6.45) is 0. The molecule has 1 heterocycles. The molecule has 0 saturated carbocycles. The Bertz CT molecular complexity index is 1180. The van der Waals surface area contributed by atoms with Crippen LogP contribution in [0.5, 0.6) is 17.2 Å². The van der Waals surface area contributed by atoms with Gasteiger partial charge in [0.05, 0.1) is 24.4 Å². The number of rotatable bonds is 10. The molecule has 0 aromatic heterocycles. The molecule has 0 atom stereocenters. The number of para-hydroxylation sites is 1. The van der Waals surface area contributed by atoms with Crippen LogP contribution in [0.3, 0.4) is 0 Å². The number of anilines is 2. The number of benzene rings is 3. The van der Waals surface area contributed by atoms with E-state index in [4.69, 9.17) is 14.2 Å². The minimum Gasteiger partial charge on any atom is -0.494 e. The molecule has 35 heavy (non-hydrogen) atoms. The maximum Gasteiger partial charge on any atom is 0.257 e. The number of ether oxygens (including phenoxy) is 3. The Kier molecular flexibility index (Phi) is 7.84. The molecule has 0 saturated heterocycles. The molecule has 0 bridgehead atoms. The number of nitrogens with one attached hydrogen (secondary N) is 2. The molecule has 0 spiro atoms. The molecule has 4 rings (SSSR count). The van der Waals surface area contributed by atoms with Gasteiger partial charge in [0, 0.05) is 12.2 Å². The van der Waals surface area contributed by atoms with Crippen molar-refractivity contribution >= 4 is 23.2 Å². The summed E-state index contributed by atoms with van der Waals surface area (Å²) in [6, 6.07) is 19.9. The van der Waals surface area contributed by atoms with Gasteiger partial charge in [0.15, 0.2) is 11.5 Å². The Morgan fingerprint density at radius 3 is 2.49 bits per heavy atom. The highest BCUT2D eigenvalue weighted by Gasteiger charge is 2.17. The number of hydrogen-bond donors (Lipinski definition) is 2. The molecule has 1 aliphatic heterocycles. The fourth-order valence-corrected chi connectivity index (χ4v) is 3.76. The SMILES string of the molecule is CCOc1ccc(NC(=O)c2ccccc2NC(=O)CN(CC)Cc2ccc3c(c2)OCO3)cc1. The van der Waals surface area contributed by atoms with Gasteiger partial charge in [-0.05, 0) is 67.6 Å². The smallest absolute Gasteiger partial charge is 0.257 e. The second kappa shape index (κ2) is 11.4. The zero-order chi connectivity index (χ0) is 24.6. The topological polar surface area (TPSA) is 89.1 Å². The van der Waals surface area contributed by atoms with Gasteiger partial charge in [-0.25, -0.2) is 0 Å². The van der Waals surface area contributed by atoms with Crippen molar-refractivity contribution in [2.45, 2.75) is 20.4 Å². The van der Waals surface area contributed by atoms with E-state index in [1.54, 1.807) is 48.5 Å². The summed E-state index contributed by atoms with van der Waals surface area (Å²) >= 11 is 0. The van der Waals surface area contributed by atoms with E-state index >= 15 is 0 Å². The number of hydrogen-bond acceptors (Lipinski definition) is 6. The predicted octanol–water partition coefficient (Wildman–Crippen LogP) is 4.53. The van der Waals surface area contributed by atoms with Crippen molar-refractivity contribution < 1.29 is 23.8 Å². The lowest BCUT2D eigenvalue weighted by Gasteiger charge is -2.20. The van der Waals surface area contributed by atoms with Crippen LogP contribution in [-0.4, -0.2) is 43.2 Å². The Morgan fingerprint density at radius 1 is 0.943 bits per heavy atom. The summed E-state index contributed by atoms with van der Waals surface area (Å²) in [5, 5.41) is 5.76. The van der Waals surface area contributed by atoms with Gasteiger partial charge in [-0.2, -0.15) is 0 Å². The fraction of sp³-hybridized carbons (Fsp3) is 0.259. The highest BCUT2D eigenvalue weighted by Crippen LogP contribution is 2.32. The van der Waals surface area contributed by atoms with Crippen molar-refractivity contribution in [3.63, 3.8) is 0 Å². The van der Waals surface area contributed by atoms with Crippen LogP contribution in [0.15, 0.2) is 66.7 Å². The number of likely N-dealkylation sites (N-methyl/N-ethyl adjacent to an activating group) is 1. The molecule has 0 unspecified atom stereocenters. The predicted molar refractivity (Wildman–Crippen MR) is 134 cm³/mol. The molecular formula is C27H29N3O5. The van der Waals surface area contributed by atoms with Crippen LogP contribution < -0.4 is 24.8 Å². The van der Waals surface area contributed by atoms with Crippen LogP contribution in [0.1, 0.15) is 29.8 Å². The first kappa shape index (κ1) is 24.1. The summed E-state index contributed by atoms with van der Waals surface area (Å²) in [5.41, 5.74) is 2.51. The minimum absolute atomic E-state index is 0.180.